The lowest BCUT2D eigenvalue weighted by Crippen LogP contribution is -2.57. The number of nitrogens with one attached hydrogen (secondary N) is 2. The second-order valence-corrected chi connectivity index (χ2v) is 13.2. The van der Waals surface area contributed by atoms with Crippen molar-refractivity contribution >= 4 is 17.5 Å². The Labute approximate surface area is 287 Å². The normalized spacial score (nSPS) is 23.7. The van der Waals surface area contributed by atoms with E-state index in [-0.39, 0.29) is 36.5 Å². The van der Waals surface area contributed by atoms with Crippen molar-refractivity contribution in [3.63, 3.8) is 0 Å². The first kappa shape index (κ1) is 32.9. The molecule has 0 radical (unpaired) electrons. The van der Waals surface area contributed by atoms with Crippen LogP contribution in [0.5, 0.6) is 0 Å². The third-order valence-electron chi connectivity index (χ3n) is 10.3. The number of carbonyl (C=O) groups excluding carboxylic acids is 2. The van der Waals surface area contributed by atoms with Crippen molar-refractivity contribution in [3.8, 4) is 0 Å². The average molecular weight is 662 g/mol. The molecule has 3 saturated heterocycles. The Morgan fingerprint density at radius 2 is 1.65 bits per heavy atom. The van der Waals surface area contributed by atoms with E-state index in [0.29, 0.717) is 25.3 Å². The summed E-state index contributed by atoms with van der Waals surface area (Å²) < 4.78 is 13.4. The smallest absolute Gasteiger partial charge is 0.253 e. The van der Waals surface area contributed by atoms with Crippen LogP contribution in [0.15, 0.2) is 103 Å². The molecule has 1 aromatic heterocycles. The maximum atomic E-state index is 13.2. The molecule has 10 nitrogen and oxygen atoms in total. The second kappa shape index (κ2) is 14.5. The summed E-state index contributed by atoms with van der Waals surface area (Å²) in [6.45, 7) is 5.35. The highest BCUT2D eigenvalue weighted by atomic mass is 16.7. The molecule has 1 spiro atoms. The molecule has 4 aromatic rings. The number of hydrogen-bond acceptors (Lipinski definition) is 8. The summed E-state index contributed by atoms with van der Waals surface area (Å²) in [6, 6.07) is 29.6. The maximum Gasteiger partial charge on any atom is 0.253 e. The molecule has 0 bridgehead atoms. The van der Waals surface area contributed by atoms with Gasteiger partial charge in [0.05, 0.1) is 31.0 Å². The fourth-order valence-corrected chi connectivity index (χ4v) is 7.29. The van der Waals surface area contributed by atoms with Crippen molar-refractivity contribution in [3.05, 3.63) is 131 Å². The maximum absolute atomic E-state index is 13.2. The molecule has 4 atom stereocenters. The number of piperidine rings is 1. The zero-order valence-corrected chi connectivity index (χ0v) is 27.7. The summed E-state index contributed by atoms with van der Waals surface area (Å²) >= 11 is 0. The van der Waals surface area contributed by atoms with Crippen LogP contribution in [0.3, 0.4) is 0 Å². The third-order valence-corrected chi connectivity index (χ3v) is 10.3. The summed E-state index contributed by atoms with van der Waals surface area (Å²) in [5, 5.41) is 15.7. The van der Waals surface area contributed by atoms with E-state index < -0.39 is 11.8 Å². The number of benzene rings is 3. The number of ether oxygens (including phenoxy) is 2. The number of anilines is 1. The monoisotopic (exact) mass is 661 g/mol. The number of amides is 2. The predicted octanol–water partition coefficient (Wildman–Crippen LogP) is 4.72. The molecule has 49 heavy (non-hydrogen) atoms. The van der Waals surface area contributed by atoms with Gasteiger partial charge in [-0.2, -0.15) is 0 Å². The van der Waals surface area contributed by atoms with Gasteiger partial charge in [0.25, 0.3) is 5.91 Å². The van der Waals surface area contributed by atoms with Crippen LogP contribution in [0.1, 0.15) is 64.8 Å². The summed E-state index contributed by atoms with van der Waals surface area (Å²) in [6.07, 6.45) is 3.72. The fourth-order valence-electron chi connectivity index (χ4n) is 7.29. The van der Waals surface area contributed by atoms with E-state index in [1.807, 2.05) is 66.7 Å². The summed E-state index contributed by atoms with van der Waals surface area (Å²) in [5.74, 6) is -0.0177. The first-order chi connectivity index (χ1) is 23.9. The number of para-hydroxylation sites is 1. The van der Waals surface area contributed by atoms with Crippen molar-refractivity contribution in [1.82, 2.24) is 20.5 Å². The Bertz CT molecular complexity index is 1710. The molecule has 4 unspecified atom stereocenters. The molecule has 3 aromatic carbocycles. The zero-order valence-electron chi connectivity index (χ0n) is 27.7. The van der Waals surface area contributed by atoms with Crippen molar-refractivity contribution < 1.29 is 24.2 Å². The Morgan fingerprint density at radius 1 is 0.939 bits per heavy atom. The lowest BCUT2D eigenvalue weighted by Gasteiger charge is -2.46. The highest BCUT2D eigenvalue weighted by molar-refractivity contribution is 5.94. The van der Waals surface area contributed by atoms with Crippen LogP contribution in [0.4, 0.5) is 5.69 Å². The van der Waals surface area contributed by atoms with Gasteiger partial charge in [-0.15, -0.1) is 0 Å². The fraction of sp³-hybridized carbons (Fsp3) is 0.359. The van der Waals surface area contributed by atoms with Gasteiger partial charge in [0.1, 0.15) is 5.54 Å². The molecule has 10 heteroatoms. The highest BCUT2D eigenvalue weighted by Gasteiger charge is 2.51. The van der Waals surface area contributed by atoms with Crippen molar-refractivity contribution in [2.45, 2.75) is 57.0 Å². The number of aromatic nitrogens is 1. The van der Waals surface area contributed by atoms with Crippen molar-refractivity contribution in [2.24, 2.45) is 5.92 Å². The molecule has 0 aliphatic carbocycles. The molecule has 0 saturated carbocycles. The van der Waals surface area contributed by atoms with E-state index in [1.165, 1.54) is 0 Å². The van der Waals surface area contributed by atoms with Crippen LogP contribution in [-0.4, -0.2) is 64.8 Å². The quantitative estimate of drug-likeness (QED) is 0.236. The summed E-state index contributed by atoms with van der Waals surface area (Å²) in [4.78, 5) is 34.4. The van der Waals surface area contributed by atoms with Crippen LogP contribution in [0.25, 0.3) is 0 Å². The lowest BCUT2D eigenvalue weighted by atomic mass is 9.84. The van der Waals surface area contributed by atoms with E-state index in [2.05, 4.69) is 44.5 Å². The van der Waals surface area contributed by atoms with Gasteiger partial charge in [0.2, 0.25) is 5.91 Å². The van der Waals surface area contributed by atoms with E-state index in [9.17, 15) is 14.7 Å². The van der Waals surface area contributed by atoms with Crippen LogP contribution in [0, 0.1) is 5.92 Å². The Hall–Kier alpha value is -4.61. The van der Waals surface area contributed by atoms with Crippen LogP contribution in [0.2, 0.25) is 0 Å². The number of aliphatic hydroxyl groups excluding tert-OH is 1. The average Bonchev–Trinajstić information content (AvgIpc) is 3.47. The first-order valence-electron chi connectivity index (χ1n) is 17.0. The molecule has 254 valence electrons. The number of hydrogen-bond donors (Lipinski definition) is 3. The number of nitrogens with zero attached hydrogens (tertiary/aromatic N) is 3. The Balaban J connectivity index is 1.05. The van der Waals surface area contributed by atoms with Gasteiger partial charge in [-0.1, -0.05) is 73.7 Å². The zero-order chi connectivity index (χ0) is 33.8. The molecule has 4 heterocycles. The number of aliphatic hydroxyl groups is 1. The molecule has 3 aliphatic rings. The van der Waals surface area contributed by atoms with E-state index >= 15 is 0 Å². The molecule has 3 fully saturated rings. The van der Waals surface area contributed by atoms with E-state index in [4.69, 9.17) is 9.47 Å². The number of carbonyl (C=O) groups is 2. The molecular formula is C39H43N5O5. The number of rotatable bonds is 9. The second-order valence-electron chi connectivity index (χ2n) is 13.2. The van der Waals surface area contributed by atoms with Crippen LogP contribution in [-0.2, 0) is 27.4 Å². The minimum absolute atomic E-state index is 0.0130. The van der Waals surface area contributed by atoms with Gasteiger partial charge in [0.15, 0.2) is 6.29 Å². The van der Waals surface area contributed by atoms with Crippen molar-refractivity contribution in [2.75, 3.05) is 31.2 Å². The SMILES string of the molecule is CC1C(CN2CCC3(CC2)C(=O)NCN3c2ccccc2)OC(c2ccc(CNC(=O)c3cccnc3)cc2)OC1c1ccc(CO)cc1. The van der Waals surface area contributed by atoms with Gasteiger partial charge in [0, 0.05) is 55.7 Å². The minimum Gasteiger partial charge on any atom is -0.392 e. The van der Waals surface area contributed by atoms with E-state index in [1.54, 1.807) is 24.5 Å². The largest absolute Gasteiger partial charge is 0.392 e. The molecular weight excluding hydrogens is 618 g/mol. The number of likely N-dealkylation sites (tertiary alicyclic amines) is 1. The lowest BCUT2D eigenvalue weighted by molar-refractivity contribution is -0.276. The Kier molecular flexibility index (Phi) is 9.72. The molecule has 2 amide bonds. The van der Waals surface area contributed by atoms with Gasteiger partial charge >= 0.3 is 0 Å². The van der Waals surface area contributed by atoms with Crippen molar-refractivity contribution in [1.29, 1.82) is 0 Å². The standard InChI is InChI=1S/C39H43N5O5/c1-27-34(24-43-20-17-39(18-21-43)38(47)42-26-44(39)33-7-3-2-4-8-33)48-37(49-35(27)30-13-11-29(25-45)12-14-30)31-15-9-28(10-16-31)22-41-36(46)32-6-5-19-40-23-32/h2-16,19,23,27,34-35,37,45H,17-18,20-22,24-26H2,1H3,(H,41,46)(H,42,47). The number of pyridine rings is 1. The van der Waals surface area contributed by atoms with Gasteiger partial charge in [-0.3, -0.25) is 14.6 Å². The van der Waals surface area contributed by atoms with E-state index in [0.717, 1.165) is 53.9 Å². The topological polar surface area (TPSA) is 116 Å². The van der Waals surface area contributed by atoms with Gasteiger partial charge in [-0.25, -0.2) is 0 Å². The molecule has 7 rings (SSSR count). The Morgan fingerprint density at radius 3 is 2.35 bits per heavy atom. The summed E-state index contributed by atoms with van der Waals surface area (Å²) in [5.41, 5.74) is 4.79. The van der Waals surface area contributed by atoms with Crippen LogP contribution < -0.4 is 15.5 Å². The third kappa shape index (κ3) is 6.95. The van der Waals surface area contributed by atoms with Crippen LogP contribution >= 0.6 is 0 Å². The van der Waals surface area contributed by atoms with Gasteiger partial charge in [-0.05, 0) is 53.8 Å². The van der Waals surface area contributed by atoms with Gasteiger partial charge < -0.3 is 35.0 Å². The summed E-state index contributed by atoms with van der Waals surface area (Å²) in [7, 11) is 0. The molecule has 3 aliphatic heterocycles. The highest BCUT2D eigenvalue weighted by Crippen LogP contribution is 2.43. The minimum atomic E-state index is -0.590. The molecule has 3 N–H and O–H groups in total. The first-order valence-corrected chi connectivity index (χ1v) is 17.0. The predicted molar refractivity (Wildman–Crippen MR) is 185 cm³/mol.